The van der Waals surface area contributed by atoms with Crippen LogP contribution in [0.25, 0.3) is 0 Å². The summed E-state index contributed by atoms with van der Waals surface area (Å²) < 4.78 is 40.9. The van der Waals surface area contributed by atoms with Crippen molar-refractivity contribution in [1.29, 1.82) is 0 Å². The van der Waals surface area contributed by atoms with Crippen LogP contribution in [0, 0.1) is 0 Å². The molecule has 7 heteroatoms. The molecule has 0 spiro atoms. The normalized spacial score (nSPS) is 12.5. The maximum absolute atomic E-state index is 11.9. The summed E-state index contributed by atoms with van der Waals surface area (Å²) in [4.78, 5) is 0. The second kappa shape index (κ2) is 6.13. The summed E-state index contributed by atoms with van der Waals surface area (Å²) in [7, 11) is 0. The number of rotatable bonds is 5. The molecule has 0 aromatic heterocycles. The molecule has 0 amide bonds. The fourth-order valence-corrected chi connectivity index (χ4v) is 1.31. The quantitative estimate of drug-likeness (QED) is 0.281. The first-order valence-electron chi connectivity index (χ1n) is 5.20. The molecule has 0 aliphatic heterocycles. The van der Waals surface area contributed by atoms with Crippen LogP contribution >= 0.6 is 0 Å². The Morgan fingerprint density at radius 3 is 2.61 bits per heavy atom. The van der Waals surface area contributed by atoms with Crippen LogP contribution in [0.15, 0.2) is 29.4 Å². The molecule has 18 heavy (non-hydrogen) atoms. The number of benzene rings is 1. The van der Waals surface area contributed by atoms with Crippen molar-refractivity contribution in [2.24, 2.45) is 10.9 Å². The number of halogens is 3. The lowest BCUT2D eigenvalue weighted by atomic mass is 10.2. The minimum absolute atomic E-state index is 0.0881. The standard InChI is InChI=1S/C11H13F3N2O2/c12-11(13,14)6-3-7-18-9-5-2-1-4-8(9)10(15)16-17/h1-2,4-5,17H,3,6-7H2,(H2,15,16). The minimum Gasteiger partial charge on any atom is -0.493 e. The van der Waals surface area contributed by atoms with Crippen LogP contribution in [0.3, 0.4) is 0 Å². The Morgan fingerprint density at radius 2 is 2.00 bits per heavy atom. The van der Waals surface area contributed by atoms with Crippen LogP contribution in [-0.4, -0.2) is 23.8 Å². The van der Waals surface area contributed by atoms with E-state index in [1.807, 2.05) is 0 Å². The van der Waals surface area contributed by atoms with Crippen molar-refractivity contribution in [3.05, 3.63) is 29.8 Å². The molecule has 0 aliphatic rings. The highest BCUT2D eigenvalue weighted by Gasteiger charge is 2.26. The molecule has 0 fully saturated rings. The second-order valence-corrected chi connectivity index (χ2v) is 3.55. The monoisotopic (exact) mass is 262 g/mol. The minimum atomic E-state index is -4.19. The highest BCUT2D eigenvalue weighted by Crippen LogP contribution is 2.22. The highest BCUT2D eigenvalue weighted by atomic mass is 19.4. The Labute approximate surface area is 102 Å². The zero-order valence-electron chi connectivity index (χ0n) is 9.44. The molecule has 0 saturated heterocycles. The molecule has 1 aromatic carbocycles. The number of hydrogen-bond acceptors (Lipinski definition) is 3. The number of hydrogen-bond donors (Lipinski definition) is 2. The maximum Gasteiger partial charge on any atom is 0.389 e. The third-order valence-corrected chi connectivity index (χ3v) is 2.13. The van der Waals surface area contributed by atoms with Crippen LogP contribution in [0.5, 0.6) is 5.75 Å². The lowest BCUT2D eigenvalue weighted by Gasteiger charge is -2.11. The van der Waals surface area contributed by atoms with Crippen molar-refractivity contribution in [1.82, 2.24) is 0 Å². The molecule has 0 aliphatic carbocycles. The predicted molar refractivity (Wildman–Crippen MR) is 59.7 cm³/mol. The summed E-state index contributed by atoms with van der Waals surface area (Å²) in [6.07, 6.45) is -5.23. The van der Waals surface area contributed by atoms with Gasteiger partial charge in [0.15, 0.2) is 5.84 Å². The maximum atomic E-state index is 11.9. The average Bonchev–Trinajstić information content (AvgIpc) is 2.33. The van der Waals surface area contributed by atoms with Crippen LogP contribution in [0.1, 0.15) is 18.4 Å². The van der Waals surface area contributed by atoms with Crippen molar-refractivity contribution >= 4 is 5.84 Å². The third kappa shape index (κ3) is 4.52. The van der Waals surface area contributed by atoms with E-state index in [-0.39, 0.29) is 24.6 Å². The number of nitrogens with zero attached hydrogens (tertiary/aromatic N) is 1. The van der Waals surface area contributed by atoms with Gasteiger partial charge in [0.1, 0.15) is 5.75 Å². The number of amidine groups is 1. The van der Waals surface area contributed by atoms with Crippen LogP contribution < -0.4 is 10.5 Å². The van der Waals surface area contributed by atoms with Crippen LogP contribution in [0.4, 0.5) is 13.2 Å². The first-order chi connectivity index (χ1) is 8.44. The zero-order valence-corrected chi connectivity index (χ0v) is 9.44. The van der Waals surface area contributed by atoms with E-state index in [2.05, 4.69) is 5.16 Å². The van der Waals surface area contributed by atoms with Gasteiger partial charge in [-0.3, -0.25) is 0 Å². The molecule has 0 saturated carbocycles. The number of alkyl halides is 3. The fourth-order valence-electron chi connectivity index (χ4n) is 1.31. The molecular formula is C11H13F3N2O2. The summed E-state index contributed by atoms with van der Waals surface area (Å²) >= 11 is 0. The summed E-state index contributed by atoms with van der Waals surface area (Å²) in [5.74, 6) is 0.136. The molecular weight excluding hydrogens is 249 g/mol. The van der Waals surface area contributed by atoms with E-state index in [4.69, 9.17) is 15.7 Å². The molecule has 4 nitrogen and oxygen atoms in total. The highest BCUT2D eigenvalue weighted by molar-refractivity contribution is 5.99. The number of nitrogens with two attached hydrogens (primary N) is 1. The molecule has 0 unspecified atom stereocenters. The van der Waals surface area contributed by atoms with Gasteiger partial charge in [-0.05, 0) is 18.6 Å². The summed E-state index contributed by atoms with van der Waals surface area (Å²) in [6.45, 7) is -0.0881. The largest absolute Gasteiger partial charge is 0.493 e. The molecule has 0 atom stereocenters. The molecule has 3 N–H and O–H groups in total. The Morgan fingerprint density at radius 1 is 1.33 bits per heavy atom. The lowest BCUT2D eigenvalue weighted by Crippen LogP contribution is -2.15. The van der Waals surface area contributed by atoms with Gasteiger partial charge >= 0.3 is 6.18 Å². The van der Waals surface area contributed by atoms with E-state index in [9.17, 15) is 13.2 Å². The van der Waals surface area contributed by atoms with Crippen molar-refractivity contribution in [2.75, 3.05) is 6.61 Å². The van der Waals surface area contributed by atoms with Crippen molar-refractivity contribution in [3.63, 3.8) is 0 Å². The van der Waals surface area contributed by atoms with E-state index in [1.54, 1.807) is 24.3 Å². The SMILES string of the molecule is N/C(=N/O)c1ccccc1OCCCC(F)(F)F. The van der Waals surface area contributed by atoms with Crippen molar-refractivity contribution in [3.8, 4) is 5.75 Å². The van der Waals surface area contributed by atoms with Gasteiger partial charge in [-0.1, -0.05) is 17.3 Å². The summed E-state index contributed by atoms with van der Waals surface area (Å²) in [5, 5.41) is 11.4. The van der Waals surface area contributed by atoms with Crippen LogP contribution in [0.2, 0.25) is 0 Å². The topological polar surface area (TPSA) is 67.8 Å². The van der Waals surface area contributed by atoms with E-state index >= 15 is 0 Å². The molecule has 1 aromatic rings. The van der Waals surface area contributed by atoms with Gasteiger partial charge < -0.3 is 15.7 Å². The van der Waals surface area contributed by atoms with Crippen molar-refractivity contribution < 1.29 is 23.1 Å². The van der Waals surface area contributed by atoms with Gasteiger partial charge in [0.25, 0.3) is 0 Å². The Hall–Kier alpha value is -1.92. The average molecular weight is 262 g/mol. The van der Waals surface area contributed by atoms with E-state index < -0.39 is 12.6 Å². The van der Waals surface area contributed by atoms with Gasteiger partial charge in [-0.25, -0.2) is 0 Å². The van der Waals surface area contributed by atoms with E-state index in [0.29, 0.717) is 5.56 Å². The number of ether oxygens (including phenoxy) is 1. The van der Waals surface area contributed by atoms with Gasteiger partial charge in [0, 0.05) is 6.42 Å². The predicted octanol–water partition coefficient (Wildman–Crippen LogP) is 2.50. The first-order valence-corrected chi connectivity index (χ1v) is 5.20. The van der Waals surface area contributed by atoms with E-state index in [0.717, 1.165) is 0 Å². The smallest absolute Gasteiger partial charge is 0.389 e. The van der Waals surface area contributed by atoms with Gasteiger partial charge in [-0.15, -0.1) is 0 Å². The molecule has 100 valence electrons. The molecule has 1 rings (SSSR count). The number of oxime groups is 1. The molecule has 0 bridgehead atoms. The Bertz CT molecular complexity index is 419. The van der Waals surface area contributed by atoms with Crippen LogP contribution in [-0.2, 0) is 0 Å². The zero-order chi connectivity index (χ0) is 13.6. The lowest BCUT2D eigenvalue weighted by molar-refractivity contribution is -0.136. The van der Waals surface area contributed by atoms with E-state index in [1.165, 1.54) is 0 Å². The number of para-hydroxylation sites is 1. The molecule has 0 radical (unpaired) electrons. The third-order valence-electron chi connectivity index (χ3n) is 2.13. The van der Waals surface area contributed by atoms with Crippen molar-refractivity contribution in [2.45, 2.75) is 19.0 Å². The Kier molecular flexibility index (Phi) is 4.82. The Balaban J connectivity index is 2.57. The molecule has 0 heterocycles. The first kappa shape index (κ1) is 14.1. The summed E-state index contributed by atoms with van der Waals surface area (Å²) in [5.41, 5.74) is 5.75. The summed E-state index contributed by atoms with van der Waals surface area (Å²) in [6, 6.07) is 6.39. The second-order valence-electron chi connectivity index (χ2n) is 3.55. The fraction of sp³-hybridized carbons (Fsp3) is 0.364. The van der Waals surface area contributed by atoms with Gasteiger partial charge in [0.2, 0.25) is 0 Å². The van der Waals surface area contributed by atoms with Gasteiger partial charge in [0.05, 0.1) is 12.2 Å². The van der Waals surface area contributed by atoms with Gasteiger partial charge in [-0.2, -0.15) is 13.2 Å².